The molecule has 0 aliphatic carbocycles. The maximum absolute atomic E-state index is 8.09. The molecule has 11 heavy (non-hydrogen) atoms. The second-order valence-electron chi connectivity index (χ2n) is 1.06. The van der Waals surface area contributed by atoms with Gasteiger partial charge < -0.3 is 31.4 Å². The summed E-state index contributed by atoms with van der Waals surface area (Å²) in [4.78, 5) is 0. The van der Waals surface area contributed by atoms with Crippen molar-refractivity contribution in [1.82, 2.24) is 0 Å². The fourth-order valence-electron chi connectivity index (χ4n) is 0.231. The Kier molecular flexibility index (Phi) is 84.5. The second kappa shape index (κ2) is 31.1. The third-order valence-electron chi connectivity index (χ3n) is 0.471. The Morgan fingerprint density at radius 2 is 1.09 bits per heavy atom. The van der Waals surface area contributed by atoms with Gasteiger partial charge in [0, 0.05) is 0 Å². The monoisotopic (exact) mass is 272 g/mol. The van der Waals surface area contributed by atoms with Gasteiger partial charge in [0.2, 0.25) is 0 Å². The number of aliphatic hydroxyl groups is 2. The van der Waals surface area contributed by atoms with E-state index in [9.17, 15) is 0 Å². The molecule has 0 aromatic heterocycles. The summed E-state index contributed by atoms with van der Waals surface area (Å²) in [5.74, 6) is 0. The molecule has 0 rings (SSSR count). The van der Waals surface area contributed by atoms with Gasteiger partial charge in [-0.1, -0.05) is 0 Å². The maximum atomic E-state index is 8.09. The van der Waals surface area contributed by atoms with Crippen LogP contribution in [-0.2, 0) is 4.74 Å². The Labute approximate surface area is 83.9 Å². The van der Waals surface area contributed by atoms with Crippen LogP contribution in [0.2, 0.25) is 0 Å². The molecule has 0 bridgehead atoms. The topological polar surface area (TPSA) is 140 Å². The molecule has 0 saturated heterocycles. The second-order valence-corrected chi connectivity index (χ2v) is 1.06. The van der Waals surface area contributed by atoms with Crippen molar-refractivity contribution in [3.05, 3.63) is 0 Å². The number of rotatable bonds is 4. The SMILES string of the molecule is OCCOCCO.[In+3].[OH-].[OH-].[OH-]. The zero-order chi connectivity index (χ0) is 5.54. The summed E-state index contributed by atoms with van der Waals surface area (Å²) >= 11 is 0. The van der Waals surface area contributed by atoms with Crippen LogP contribution in [0.3, 0.4) is 0 Å². The zero-order valence-electron chi connectivity index (χ0n) is 6.05. The predicted molar refractivity (Wildman–Crippen MR) is 36.6 cm³/mol. The molecule has 0 spiro atoms. The van der Waals surface area contributed by atoms with Gasteiger partial charge in [-0.2, -0.15) is 0 Å². The van der Waals surface area contributed by atoms with Crippen molar-refractivity contribution in [3.63, 3.8) is 0 Å². The molecule has 6 nitrogen and oxygen atoms in total. The first-order valence-electron chi connectivity index (χ1n) is 2.21. The Hall–Kier alpha value is 0.630. The zero-order valence-corrected chi connectivity index (χ0v) is 9.35. The van der Waals surface area contributed by atoms with Gasteiger partial charge in [0.05, 0.1) is 26.4 Å². The quantitative estimate of drug-likeness (QED) is 0.571. The van der Waals surface area contributed by atoms with Gasteiger partial charge in [-0.3, -0.25) is 0 Å². The summed E-state index contributed by atoms with van der Waals surface area (Å²) in [7, 11) is 0. The maximum Gasteiger partial charge on any atom is 3.00 e. The molecule has 0 aliphatic rings. The van der Waals surface area contributed by atoms with Crippen LogP contribution in [0.4, 0.5) is 0 Å². The molecular formula is C4H13InO6. The molecule has 0 aromatic carbocycles. The van der Waals surface area contributed by atoms with E-state index in [-0.39, 0.29) is 55.5 Å². The van der Waals surface area contributed by atoms with Crippen molar-refractivity contribution in [1.29, 1.82) is 0 Å². The van der Waals surface area contributed by atoms with Crippen LogP contribution < -0.4 is 0 Å². The van der Waals surface area contributed by atoms with Gasteiger partial charge >= 0.3 is 25.8 Å². The molecular weight excluding hydrogens is 259 g/mol. The Balaban J connectivity index is -0.0000000300. The van der Waals surface area contributed by atoms with E-state index in [0.717, 1.165) is 0 Å². The van der Waals surface area contributed by atoms with E-state index in [1.165, 1.54) is 0 Å². The van der Waals surface area contributed by atoms with Crippen LogP contribution in [-0.4, -0.2) is 78.9 Å². The van der Waals surface area contributed by atoms with E-state index in [1.54, 1.807) is 0 Å². The Bertz CT molecular complexity index is 33.8. The minimum absolute atomic E-state index is 0. The summed E-state index contributed by atoms with van der Waals surface area (Å²) in [5, 5.41) is 16.2. The minimum Gasteiger partial charge on any atom is -0.870 e. The molecule has 0 heterocycles. The number of hydrogen-bond acceptors (Lipinski definition) is 6. The van der Waals surface area contributed by atoms with Crippen molar-refractivity contribution in [2.45, 2.75) is 0 Å². The summed E-state index contributed by atoms with van der Waals surface area (Å²) in [5.41, 5.74) is 0. The van der Waals surface area contributed by atoms with E-state index in [0.29, 0.717) is 13.2 Å². The van der Waals surface area contributed by atoms with Crippen molar-refractivity contribution < 1.29 is 31.4 Å². The first-order chi connectivity index (χ1) is 3.41. The van der Waals surface area contributed by atoms with Gasteiger partial charge in [0.1, 0.15) is 0 Å². The molecule has 68 valence electrons. The molecule has 0 radical (unpaired) electrons. The first kappa shape index (κ1) is 29.9. The molecule has 0 atom stereocenters. The van der Waals surface area contributed by atoms with Crippen LogP contribution >= 0.6 is 0 Å². The van der Waals surface area contributed by atoms with Crippen LogP contribution in [0.25, 0.3) is 0 Å². The van der Waals surface area contributed by atoms with Crippen molar-refractivity contribution >= 4 is 25.8 Å². The third kappa shape index (κ3) is 36.9. The molecule has 0 aromatic rings. The molecule has 0 fully saturated rings. The van der Waals surface area contributed by atoms with Crippen LogP contribution in [0.5, 0.6) is 0 Å². The summed E-state index contributed by atoms with van der Waals surface area (Å²) in [6, 6.07) is 0. The van der Waals surface area contributed by atoms with Crippen LogP contribution in [0.1, 0.15) is 0 Å². The third-order valence-corrected chi connectivity index (χ3v) is 0.471. The fourth-order valence-corrected chi connectivity index (χ4v) is 0.231. The predicted octanol–water partition coefficient (Wildman–Crippen LogP) is -1.92. The molecule has 0 aliphatic heterocycles. The summed E-state index contributed by atoms with van der Waals surface area (Å²) in [6.07, 6.45) is 0. The molecule has 7 heteroatoms. The smallest absolute Gasteiger partial charge is 0.870 e. The van der Waals surface area contributed by atoms with E-state index < -0.39 is 0 Å². The van der Waals surface area contributed by atoms with E-state index in [4.69, 9.17) is 10.2 Å². The molecule has 0 amide bonds. The van der Waals surface area contributed by atoms with Crippen LogP contribution in [0.15, 0.2) is 0 Å². The summed E-state index contributed by atoms with van der Waals surface area (Å²) in [6.45, 7) is 0.696. The normalized spacial score (nSPS) is 6.00. The first-order valence-corrected chi connectivity index (χ1v) is 2.21. The molecule has 0 saturated carbocycles. The van der Waals surface area contributed by atoms with Gasteiger partial charge in [-0.25, -0.2) is 0 Å². The standard InChI is InChI=1S/C4H10O3.In.3H2O/c5-1-3-7-4-2-6;;;;/h5-6H,1-4H2;;3*1H2/q;+3;;;/p-3. The van der Waals surface area contributed by atoms with Crippen molar-refractivity contribution in [3.8, 4) is 0 Å². The largest absolute Gasteiger partial charge is 3.00 e. The fraction of sp³-hybridized carbons (Fsp3) is 1.00. The van der Waals surface area contributed by atoms with Crippen molar-refractivity contribution in [2.24, 2.45) is 0 Å². The van der Waals surface area contributed by atoms with E-state index in [2.05, 4.69) is 4.74 Å². The van der Waals surface area contributed by atoms with Gasteiger partial charge in [0.15, 0.2) is 0 Å². The average molecular weight is 272 g/mol. The average Bonchev–Trinajstić information content (AvgIpc) is 1.69. The number of aliphatic hydroxyl groups excluding tert-OH is 2. The van der Waals surface area contributed by atoms with Gasteiger partial charge in [-0.05, 0) is 0 Å². The van der Waals surface area contributed by atoms with Gasteiger partial charge in [-0.15, -0.1) is 0 Å². The van der Waals surface area contributed by atoms with Gasteiger partial charge in [0.25, 0.3) is 0 Å². The number of hydrogen-bond donors (Lipinski definition) is 2. The molecule has 0 unspecified atom stereocenters. The van der Waals surface area contributed by atoms with E-state index >= 15 is 0 Å². The summed E-state index contributed by atoms with van der Waals surface area (Å²) < 4.78 is 4.63. The molecule has 5 N–H and O–H groups in total. The van der Waals surface area contributed by atoms with Crippen LogP contribution in [0, 0.1) is 0 Å². The number of ether oxygens (including phenoxy) is 1. The Morgan fingerprint density at radius 3 is 1.27 bits per heavy atom. The minimum atomic E-state index is 0. The van der Waals surface area contributed by atoms with E-state index in [1.807, 2.05) is 0 Å². The Morgan fingerprint density at radius 1 is 0.818 bits per heavy atom. The van der Waals surface area contributed by atoms with Crippen molar-refractivity contribution in [2.75, 3.05) is 26.4 Å².